The third kappa shape index (κ3) is 3.67. The Bertz CT molecular complexity index is 600. The second kappa shape index (κ2) is 6.96. The van der Waals surface area contributed by atoms with E-state index < -0.39 is 0 Å². The SMILES string of the molecule is CN1C[C@@]2(CCN(C3CCN(CCc4ccccc4)CC3)C2)OC1=O. The van der Waals surface area contributed by atoms with Crippen molar-refractivity contribution in [1.82, 2.24) is 14.7 Å². The van der Waals surface area contributed by atoms with E-state index in [4.69, 9.17) is 4.74 Å². The molecule has 1 aromatic rings. The van der Waals surface area contributed by atoms with Crippen molar-refractivity contribution in [2.24, 2.45) is 0 Å². The van der Waals surface area contributed by atoms with Gasteiger partial charge in [0, 0.05) is 39.1 Å². The Morgan fingerprint density at radius 1 is 1.12 bits per heavy atom. The van der Waals surface area contributed by atoms with Crippen molar-refractivity contribution in [2.45, 2.75) is 37.3 Å². The number of piperidine rings is 1. The number of benzene rings is 1. The van der Waals surface area contributed by atoms with E-state index in [0.717, 1.165) is 39.0 Å². The fourth-order valence-corrected chi connectivity index (χ4v) is 4.63. The summed E-state index contributed by atoms with van der Waals surface area (Å²) in [5.74, 6) is 0. The first-order valence-electron chi connectivity index (χ1n) is 9.58. The maximum absolute atomic E-state index is 11.7. The summed E-state index contributed by atoms with van der Waals surface area (Å²) in [6.07, 6.45) is 4.43. The minimum absolute atomic E-state index is 0.155. The Labute approximate surface area is 150 Å². The maximum atomic E-state index is 11.7. The van der Waals surface area contributed by atoms with Crippen molar-refractivity contribution in [3.8, 4) is 0 Å². The lowest BCUT2D eigenvalue weighted by Gasteiger charge is -2.37. The predicted octanol–water partition coefficient (Wildman–Crippen LogP) is 2.22. The van der Waals surface area contributed by atoms with Crippen LogP contribution in [0.2, 0.25) is 0 Å². The minimum atomic E-state index is -0.240. The summed E-state index contributed by atoms with van der Waals surface area (Å²) in [4.78, 5) is 18.6. The van der Waals surface area contributed by atoms with Crippen LogP contribution in [0.5, 0.6) is 0 Å². The Balaban J connectivity index is 1.23. The predicted molar refractivity (Wildman–Crippen MR) is 97.6 cm³/mol. The molecule has 3 fully saturated rings. The summed E-state index contributed by atoms with van der Waals surface area (Å²) in [5.41, 5.74) is 1.19. The van der Waals surface area contributed by atoms with Gasteiger partial charge in [-0.2, -0.15) is 0 Å². The summed E-state index contributed by atoms with van der Waals surface area (Å²) in [6.45, 7) is 6.25. The van der Waals surface area contributed by atoms with Crippen LogP contribution in [0.25, 0.3) is 0 Å². The molecular formula is C20H29N3O2. The Morgan fingerprint density at radius 2 is 1.88 bits per heavy atom. The molecular weight excluding hydrogens is 314 g/mol. The molecule has 0 saturated carbocycles. The van der Waals surface area contributed by atoms with E-state index in [0.29, 0.717) is 6.04 Å². The quantitative estimate of drug-likeness (QED) is 0.840. The van der Waals surface area contributed by atoms with Crippen molar-refractivity contribution in [3.05, 3.63) is 35.9 Å². The van der Waals surface area contributed by atoms with E-state index in [2.05, 4.69) is 40.1 Å². The molecule has 4 rings (SSSR count). The van der Waals surface area contributed by atoms with Crippen LogP contribution in [-0.2, 0) is 11.2 Å². The van der Waals surface area contributed by atoms with Crippen LogP contribution >= 0.6 is 0 Å². The fraction of sp³-hybridized carbons (Fsp3) is 0.650. The lowest BCUT2D eigenvalue weighted by atomic mass is 10.0. The molecule has 0 unspecified atom stereocenters. The lowest BCUT2D eigenvalue weighted by Crippen LogP contribution is -2.46. The zero-order chi connectivity index (χ0) is 17.3. The molecule has 3 saturated heterocycles. The lowest BCUT2D eigenvalue weighted by molar-refractivity contribution is 0.0510. The van der Waals surface area contributed by atoms with Crippen molar-refractivity contribution in [2.75, 3.05) is 46.3 Å². The molecule has 1 aromatic carbocycles. The van der Waals surface area contributed by atoms with Gasteiger partial charge in [0.05, 0.1) is 6.54 Å². The van der Waals surface area contributed by atoms with Crippen molar-refractivity contribution in [1.29, 1.82) is 0 Å². The fourth-order valence-electron chi connectivity index (χ4n) is 4.63. The van der Waals surface area contributed by atoms with Crippen LogP contribution < -0.4 is 0 Å². The number of hydrogen-bond acceptors (Lipinski definition) is 4. The molecule has 3 aliphatic heterocycles. The van der Waals surface area contributed by atoms with Crippen LogP contribution in [0.1, 0.15) is 24.8 Å². The third-order valence-corrected chi connectivity index (χ3v) is 6.12. The van der Waals surface area contributed by atoms with E-state index in [1.807, 2.05) is 7.05 Å². The zero-order valence-electron chi connectivity index (χ0n) is 15.2. The van der Waals surface area contributed by atoms with Gasteiger partial charge in [0.2, 0.25) is 0 Å². The van der Waals surface area contributed by atoms with Gasteiger partial charge in [-0.1, -0.05) is 30.3 Å². The number of carbonyl (C=O) groups is 1. The molecule has 0 radical (unpaired) electrons. The van der Waals surface area contributed by atoms with E-state index in [1.165, 1.54) is 31.5 Å². The van der Waals surface area contributed by atoms with Gasteiger partial charge in [0.1, 0.15) is 5.60 Å². The Morgan fingerprint density at radius 3 is 2.56 bits per heavy atom. The van der Waals surface area contributed by atoms with Gasteiger partial charge in [0.15, 0.2) is 0 Å². The second-order valence-electron chi connectivity index (χ2n) is 7.94. The molecule has 3 aliphatic rings. The average molecular weight is 343 g/mol. The van der Waals surface area contributed by atoms with Crippen molar-refractivity contribution in [3.63, 3.8) is 0 Å². The average Bonchev–Trinajstić information content (AvgIpc) is 3.17. The highest BCUT2D eigenvalue weighted by Gasteiger charge is 2.49. The second-order valence-corrected chi connectivity index (χ2v) is 7.94. The maximum Gasteiger partial charge on any atom is 0.410 e. The van der Waals surface area contributed by atoms with Crippen LogP contribution in [0.3, 0.4) is 0 Å². The van der Waals surface area contributed by atoms with Crippen molar-refractivity contribution < 1.29 is 9.53 Å². The number of ether oxygens (including phenoxy) is 1. The molecule has 5 nitrogen and oxygen atoms in total. The molecule has 0 N–H and O–H groups in total. The van der Waals surface area contributed by atoms with Gasteiger partial charge in [-0.05, 0) is 37.9 Å². The van der Waals surface area contributed by atoms with E-state index in [-0.39, 0.29) is 11.7 Å². The highest BCUT2D eigenvalue weighted by molar-refractivity contribution is 5.70. The first-order chi connectivity index (χ1) is 12.1. The van der Waals surface area contributed by atoms with Gasteiger partial charge in [-0.3, -0.25) is 4.90 Å². The highest BCUT2D eigenvalue weighted by atomic mass is 16.6. The summed E-state index contributed by atoms with van der Waals surface area (Å²) in [7, 11) is 1.84. The summed E-state index contributed by atoms with van der Waals surface area (Å²) >= 11 is 0. The summed E-state index contributed by atoms with van der Waals surface area (Å²) in [5, 5.41) is 0. The summed E-state index contributed by atoms with van der Waals surface area (Å²) in [6, 6.07) is 11.4. The zero-order valence-corrected chi connectivity index (χ0v) is 15.2. The van der Waals surface area contributed by atoms with E-state index in [9.17, 15) is 4.79 Å². The normalized spacial score (nSPS) is 28.8. The molecule has 0 aliphatic carbocycles. The van der Waals surface area contributed by atoms with Crippen LogP contribution in [0.4, 0.5) is 4.79 Å². The molecule has 1 atom stereocenters. The van der Waals surface area contributed by atoms with Gasteiger partial charge in [0.25, 0.3) is 0 Å². The van der Waals surface area contributed by atoms with Gasteiger partial charge in [-0.25, -0.2) is 4.79 Å². The van der Waals surface area contributed by atoms with Crippen molar-refractivity contribution >= 4 is 6.09 Å². The third-order valence-electron chi connectivity index (χ3n) is 6.12. The van der Waals surface area contributed by atoms with E-state index in [1.54, 1.807) is 4.90 Å². The van der Waals surface area contributed by atoms with Gasteiger partial charge < -0.3 is 14.5 Å². The number of nitrogens with zero attached hydrogens (tertiary/aromatic N) is 3. The number of rotatable bonds is 4. The molecule has 0 aromatic heterocycles. The Hall–Kier alpha value is -1.59. The number of likely N-dealkylation sites (tertiary alicyclic amines) is 2. The number of carbonyl (C=O) groups excluding carboxylic acids is 1. The number of likely N-dealkylation sites (N-methyl/N-ethyl adjacent to an activating group) is 1. The smallest absolute Gasteiger partial charge is 0.410 e. The van der Waals surface area contributed by atoms with Crippen LogP contribution in [-0.4, -0.2) is 78.8 Å². The molecule has 25 heavy (non-hydrogen) atoms. The van der Waals surface area contributed by atoms with Crippen LogP contribution in [0.15, 0.2) is 30.3 Å². The van der Waals surface area contributed by atoms with Gasteiger partial charge >= 0.3 is 6.09 Å². The Kier molecular flexibility index (Phi) is 4.69. The molecule has 3 heterocycles. The first kappa shape index (κ1) is 16.9. The first-order valence-corrected chi connectivity index (χ1v) is 9.58. The molecule has 5 heteroatoms. The number of hydrogen-bond donors (Lipinski definition) is 0. The van der Waals surface area contributed by atoms with Gasteiger partial charge in [-0.15, -0.1) is 0 Å². The highest BCUT2D eigenvalue weighted by Crippen LogP contribution is 2.34. The molecule has 1 amide bonds. The molecule has 1 spiro atoms. The molecule has 0 bridgehead atoms. The van der Waals surface area contributed by atoms with Crippen LogP contribution in [0, 0.1) is 0 Å². The monoisotopic (exact) mass is 343 g/mol. The standard InChI is InChI=1S/C20H29N3O2/c1-21-15-20(25-19(21)24)10-14-23(16-20)18-8-12-22(13-9-18)11-7-17-5-3-2-4-6-17/h2-6,18H,7-16H2,1H3/t20-/m1/s1. The largest absolute Gasteiger partial charge is 0.439 e. The number of amides is 1. The topological polar surface area (TPSA) is 36.0 Å². The molecule has 136 valence electrons. The summed E-state index contributed by atoms with van der Waals surface area (Å²) < 4.78 is 5.69. The van der Waals surface area contributed by atoms with E-state index >= 15 is 0 Å². The minimum Gasteiger partial charge on any atom is -0.439 e.